The minimum atomic E-state index is -3.40. The molecule has 0 aromatic heterocycles. The molecule has 0 unspecified atom stereocenters. The van der Waals surface area contributed by atoms with Crippen molar-refractivity contribution >= 4 is 10.0 Å². The highest BCUT2D eigenvalue weighted by Gasteiger charge is 2.12. The largest absolute Gasteiger partial charge is 0.240 e. The third kappa shape index (κ3) is 3.39. The second kappa shape index (κ2) is 4.96. The molecule has 0 aliphatic rings. The Labute approximate surface area is 90.6 Å². The van der Waals surface area contributed by atoms with Crippen LogP contribution in [0.2, 0.25) is 0 Å². The summed E-state index contributed by atoms with van der Waals surface area (Å²) in [7, 11) is -3.40. The van der Waals surface area contributed by atoms with Crippen molar-refractivity contribution in [2.45, 2.75) is 18.2 Å². The van der Waals surface area contributed by atoms with Crippen LogP contribution in [0.4, 0.5) is 0 Å². The van der Waals surface area contributed by atoms with Crippen LogP contribution in [0.1, 0.15) is 12.0 Å². The van der Waals surface area contributed by atoms with Crippen LogP contribution < -0.4 is 4.72 Å². The summed E-state index contributed by atoms with van der Waals surface area (Å²) in [6.45, 7) is 2.12. The highest BCUT2D eigenvalue weighted by Crippen LogP contribution is 2.10. The maximum atomic E-state index is 11.7. The molecule has 0 heterocycles. The van der Waals surface area contributed by atoms with Crippen LogP contribution in [0, 0.1) is 19.3 Å². The van der Waals surface area contributed by atoms with Gasteiger partial charge in [0.05, 0.1) is 4.90 Å². The number of sulfonamides is 1. The monoisotopic (exact) mass is 223 g/mol. The SMILES string of the molecule is C#CCCNS(=O)(=O)c1cccc(C)c1. The molecule has 1 rings (SSSR count). The smallest absolute Gasteiger partial charge is 0.210 e. The summed E-state index contributed by atoms with van der Waals surface area (Å²) in [5, 5.41) is 0. The van der Waals surface area contributed by atoms with E-state index >= 15 is 0 Å². The zero-order valence-electron chi connectivity index (χ0n) is 8.53. The summed E-state index contributed by atoms with van der Waals surface area (Å²) in [6, 6.07) is 6.74. The van der Waals surface area contributed by atoms with Gasteiger partial charge in [-0.1, -0.05) is 12.1 Å². The van der Waals surface area contributed by atoms with Crippen molar-refractivity contribution in [1.82, 2.24) is 4.72 Å². The number of aryl methyl sites for hydroxylation is 1. The molecule has 0 saturated heterocycles. The zero-order chi connectivity index (χ0) is 11.3. The van der Waals surface area contributed by atoms with Gasteiger partial charge in [0.15, 0.2) is 0 Å². The average Bonchev–Trinajstić information content (AvgIpc) is 2.18. The van der Waals surface area contributed by atoms with Gasteiger partial charge in [-0.15, -0.1) is 12.3 Å². The lowest BCUT2D eigenvalue weighted by Crippen LogP contribution is -2.24. The van der Waals surface area contributed by atoms with E-state index in [0.29, 0.717) is 6.42 Å². The Bertz CT molecular complexity index is 472. The fourth-order valence-corrected chi connectivity index (χ4v) is 2.26. The fourth-order valence-electron chi connectivity index (χ4n) is 1.12. The fraction of sp³-hybridized carbons (Fsp3) is 0.273. The molecule has 4 heteroatoms. The molecule has 1 aromatic carbocycles. The van der Waals surface area contributed by atoms with Gasteiger partial charge in [-0.05, 0) is 24.6 Å². The Kier molecular flexibility index (Phi) is 3.89. The molecule has 3 nitrogen and oxygen atoms in total. The quantitative estimate of drug-likeness (QED) is 0.617. The molecule has 15 heavy (non-hydrogen) atoms. The molecule has 0 atom stereocenters. The van der Waals surface area contributed by atoms with E-state index in [2.05, 4.69) is 10.6 Å². The lowest BCUT2D eigenvalue weighted by molar-refractivity contribution is 0.582. The molecule has 0 amide bonds. The van der Waals surface area contributed by atoms with E-state index in [-0.39, 0.29) is 11.4 Å². The summed E-state index contributed by atoms with van der Waals surface area (Å²) < 4.78 is 25.8. The number of rotatable bonds is 4. The summed E-state index contributed by atoms with van der Waals surface area (Å²) in [6.07, 6.45) is 5.43. The van der Waals surface area contributed by atoms with Crippen molar-refractivity contribution in [3.63, 3.8) is 0 Å². The van der Waals surface area contributed by atoms with Crippen molar-refractivity contribution in [1.29, 1.82) is 0 Å². The minimum Gasteiger partial charge on any atom is -0.210 e. The van der Waals surface area contributed by atoms with E-state index in [9.17, 15) is 8.42 Å². The van der Waals surface area contributed by atoms with Crippen molar-refractivity contribution in [2.24, 2.45) is 0 Å². The highest BCUT2D eigenvalue weighted by molar-refractivity contribution is 7.89. The summed E-state index contributed by atoms with van der Waals surface area (Å²) in [4.78, 5) is 0.277. The van der Waals surface area contributed by atoms with E-state index in [1.807, 2.05) is 13.0 Å². The van der Waals surface area contributed by atoms with Gasteiger partial charge in [0.1, 0.15) is 0 Å². The van der Waals surface area contributed by atoms with E-state index < -0.39 is 10.0 Å². The van der Waals surface area contributed by atoms with Gasteiger partial charge < -0.3 is 0 Å². The molecule has 0 aliphatic carbocycles. The number of benzene rings is 1. The maximum absolute atomic E-state index is 11.7. The Morgan fingerprint density at radius 1 is 1.47 bits per heavy atom. The number of hydrogen-bond donors (Lipinski definition) is 1. The summed E-state index contributed by atoms with van der Waals surface area (Å²) in [5.41, 5.74) is 0.912. The number of nitrogens with one attached hydrogen (secondary N) is 1. The first kappa shape index (κ1) is 11.8. The zero-order valence-corrected chi connectivity index (χ0v) is 9.34. The molecule has 0 aliphatic heterocycles. The lowest BCUT2D eigenvalue weighted by Gasteiger charge is -2.05. The van der Waals surface area contributed by atoms with Gasteiger partial charge in [0, 0.05) is 13.0 Å². The normalized spacial score (nSPS) is 10.9. The molecule has 80 valence electrons. The Hall–Kier alpha value is -1.31. The van der Waals surface area contributed by atoms with Gasteiger partial charge >= 0.3 is 0 Å². The van der Waals surface area contributed by atoms with Crippen LogP contribution in [0.3, 0.4) is 0 Å². The molecule has 1 N–H and O–H groups in total. The molecule has 0 fully saturated rings. The van der Waals surface area contributed by atoms with Gasteiger partial charge in [0.25, 0.3) is 0 Å². The third-order valence-electron chi connectivity index (χ3n) is 1.86. The van der Waals surface area contributed by atoms with Gasteiger partial charge in [0.2, 0.25) is 10.0 Å². The van der Waals surface area contributed by atoms with Crippen LogP contribution >= 0.6 is 0 Å². The minimum absolute atomic E-state index is 0.271. The molecule has 0 bridgehead atoms. The van der Waals surface area contributed by atoms with Crippen LogP contribution in [0.5, 0.6) is 0 Å². The van der Waals surface area contributed by atoms with Crippen molar-refractivity contribution < 1.29 is 8.42 Å². The predicted octanol–water partition coefficient (Wildman–Crippen LogP) is 1.30. The molecular weight excluding hydrogens is 210 g/mol. The van der Waals surface area contributed by atoms with E-state index in [1.54, 1.807) is 18.2 Å². The third-order valence-corrected chi connectivity index (χ3v) is 3.32. The van der Waals surface area contributed by atoms with Gasteiger partial charge in [-0.25, -0.2) is 13.1 Å². The summed E-state index contributed by atoms with van der Waals surface area (Å²) >= 11 is 0. The molecular formula is C11H13NO2S. The number of hydrogen-bond acceptors (Lipinski definition) is 2. The van der Waals surface area contributed by atoms with E-state index in [0.717, 1.165) is 5.56 Å². The number of terminal acetylenes is 1. The maximum Gasteiger partial charge on any atom is 0.240 e. The molecule has 0 radical (unpaired) electrons. The van der Waals surface area contributed by atoms with Crippen LogP contribution in [-0.4, -0.2) is 15.0 Å². The first-order valence-electron chi connectivity index (χ1n) is 4.56. The Balaban J connectivity index is 2.83. The first-order valence-corrected chi connectivity index (χ1v) is 6.04. The lowest BCUT2D eigenvalue weighted by atomic mass is 10.2. The van der Waals surface area contributed by atoms with Gasteiger partial charge in [-0.3, -0.25) is 0 Å². The predicted molar refractivity (Wildman–Crippen MR) is 59.8 cm³/mol. The van der Waals surface area contributed by atoms with Crippen molar-refractivity contribution in [2.75, 3.05) is 6.54 Å². The molecule has 1 aromatic rings. The van der Waals surface area contributed by atoms with Crippen LogP contribution in [0.15, 0.2) is 29.2 Å². The standard InChI is InChI=1S/C11H13NO2S/c1-3-4-8-12-15(13,14)11-7-5-6-10(2)9-11/h1,5-7,9,12H,4,8H2,2H3. The van der Waals surface area contributed by atoms with E-state index in [4.69, 9.17) is 6.42 Å². The van der Waals surface area contributed by atoms with Crippen molar-refractivity contribution in [3.8, 4) is 12.3 Å². The molecule has 0 spiro atoms. The Morgan fingerprint density at radius 2 is 2.20 bits per heavy atom. The summed E-state index contributed by atoms with van der Waals surface area (Å²) in [5.74, 6) is 2.38. The van der Waals surface area contributed by atoms with Crippen molar-refractivity contribution in [3.05, 3.63) is 29.8 Å². The average molecular weight is 223 g/mol. The van der Waals surface area contributed by atoms with Crippen LogP contribution in [-0.2, 0) is 10.0 Å². The second-order valence-corrected chi connectivity index (χ2v) is 4.94. The first-order chi connectivity index (χ1) is 7.06. The van der Waals surface area contributed by atoms with E-state index in [1.165, 1.54) is 0 Å². The molecule has 0 saturated carbocycles. The second-order valence-electron chi connectivity index (χ2n) is 3.17. The van der Waals surface area contributed by atoms with Crippen LogP contribution in [0.25, 0.3) is 0 Å². The van der Waals surface area contributed by atoms with Gasteiger partial charge in [-0.2, -0.15) is 0 Å². The highest BCUT2D eigenvalue weighted by atomic mass is 32.2. The Morgan fingerprint density at radius 3 is 2.80 bits per heavy atom. The topological polar surface area (TPSA) is 46.2 Å².